The van der Waals surface area contributed by atoms with Gasteiger partial charge in [0.05, 0.1) is 0 Å². The zero-order chi connectivity index (χ0) is 21.0. The molecule has 1 fully saturated rings. The number of hydrogen-bond donors (Lipinski definition) is 3. The zero-order valence-electron chi connectivity index (χ0n) is 19.3. The standard InChI is InChI=1S/C8H16O.C8H18O.C7H16O/c1-7(2)5-8(6-9)3-4-8;1-7(2)5-8(3,4)6-9;1-6(2)4-7(3)5-8/h7,9H,3-6H2,1-2H3;7,9H,5-6H2,1-4H3;6-8H,4-5H2,1-3H3. The van der Waals surface area contributed by atoms with Crippen LogP contribution >= 0.6 is 0 Å². The van der Waals surface area contributed by atoms with Crippen molar-refractivity contribution >= 4 is 0 Å². The van der Waals surface area contributed by atoms with Gasteiger partial charge in [0.15, 0.2) is 0 Å². The van der Waals surface area contributed by atoms with Gasteiger partial charge in [-0.1, -0.05) is 62.3 Å². The van der Waals surface area contributed by atoms with E-state index in [1.54, 1.807) is 0 Å². The highest BCUT2D eigenvalue weighted by Crippen LogP contribution is 2.49. The maximum absolute atomic E-state index is 8.91. The van der Waals surface area contributed by atoms with Gasteiger partial charge in [0.2, 0.25) is 0 Å². The van der Waals surface area contributed by atoms with Crippen molar-refractivity contribution in [2.45, 2.75) is 94.4 Å². The first kappa shape index (κ1) is 28.1. The number of rotatable bonds is 9. The summed E-state index contributed by atoms with van der Waals surface area (Å²) < 4.78 is 0. The Balaban J connectivity index is 0. The summed E-state index contributed by atoms with van der Waals surface area (Å²) in [5, 5.41) is 26.3. The molecule has 0 aliphatic heterocycles. The molecule has 3 nitrogen and oxygen atoms in total. The van der Waals surface area contributed by atoms with E-state index in [-0.39, 0.29) is 5.41 Å². The highest BCUT2D eigenvalue weighted by molar-refractivity contribution is 4.92. The molecule has 0 bridgehead atoms. The molecule has 160 valence electrons. The van der Waals surface area contributed by atoms with Crippen molar-refractivity contribution in [3.63, 3.8) is 0 Å². The van der Waals surface area contributed by atoms with Gasteiger partial charge in [-0.3, -0.25) is 0 Å². The number of hydrogen-bond acceptors (Lipinski definition) is 3. The third-order valence-corrected chi connectivity index (χ3v) is 4.71. The molecule has 1 aliphatic rings. The van der Waals surface area contributed by atoms with Crippen molar-refractivity contribution in [3.05, 3.63) is 0 Å². The molecule has 1 rings (SSSR count). The van der Waals surface area contributed by atoms with E-state index in [4.69, 9.17) is 15.3 Å². The number of aliphatic hydroxyl groups is 3. The van der Waals surface area contributed by atoms with E-state index in [1.165, 1.54) is 19.3 Å². The topological polar surface area (TPSA) is 60.7 Å². The monoisotopic (exact) mass is 374 g/mol. The first-order valence-electron chi connectivity index (χ1n) is 10.7. The van der Waals surface area contributed by atoms with Gasteiger partial charge in [-0.05, 0) is 66.6 Å². The second-order valence-electron chi connectivity index (χ2n) is 10.6. The van der Waals surface area contributed by atoms with E-state index in [0.717, 1.165) is 24.7 Å². The molecular weight excluding hydrogens is 324 g/mol. The fourth-order valence-corrected chi connectivity index (χ4v) is 3.52. The molecule has 26 heavy (non-hydrogen) atoms. The second-order valence-corrected chi connectivity index (χ2v) is 10.6. The Labute approximate surface area is 164 Å². The van der Waals surface area contributed by atoms with Gasteiger partial charge in [0.1, 0.15) is 0 Å². The predicted octanol–water partition coefficient (Wildman–Crippen LogP) is 5.52. The summed E-state index contributed by atoms with van der Waals surface area (Å²) >= 11 is 0. The maximum atomic E-state index is 8.91. The molecule has 0 heterocycles. The summed E-state index contributed by atoms with van der Waals surface area (Å²) in [7, 11) is 0. The molecule has 0 spiro atoms. The van der Waals surface area contributed by atoms with Gasteiger partial charge >= 0.3 is 0 Å². The summed E-state index contributed by atoms with van der Waals surface area (Å²) in [6.45, 7) is 20.4. The van der Waals surface area contributed by atoms with Crippen LogP contribution < -0.4 is 0 Å². The van der Waals surface area contributed by atoms with Crippen molar-refractivity contribution in [2.75, 3.05) is 19.8 Å². The minimum absolute atomic E-state index is 0.119. The van der Waals surface area contributed by atoms with Crippen LogP contribution in [0.3, 0.4) is 0 Å². The summed E-state index contributed by atoms with van der Waals surface area (Å²) in [4.78, 5) is 0. The van der Waals surface area contributed by atoms with E-state index in [2.05, 4.69) is 62.3 Å². The lowest BCUT2D eigenvalue weighted by atomic mass is 9.85. The van der Waals surface area contributed by atoms with E-state index in [0.29, 0.717) is 37.1 Å². The predicted molar refractivity (Wildman–Crippen MR) is 114 cm³/mol. The summed E-state index contributed by atoms with van der Waals surface area (Å²) in [5.41, 5.74) is 0.488. The van der Waals surface area contributed by atoms with E-state index in [9.17, 15) is 0 Å². The van der Waals surface area contributed by atoms with Crippen molar-refractivity contribution in [1.29, 1.82) is 0 Å². The smallest absolute Gasteiger partial charge is 0.0487 e. The summed E-state index contributed by atoms with van der Waals surface area (Å²) in [6.07, 6.45) is 5.95. The third-order valence-electron chi connectivity index (χ3n) is 4.71. The van der Waals surface area contributed by atoms with Crippen molar-refractivity contribution in [1.82, 2.24) is 0 Å². The van der Waals surface area contributed by atoms with Crippen LogP contribution in [0.4, 0.5) is 0 Å². The average molecular weight is 375 g/mol. The highest BCUT2D eigenvalue weighted by atomic mass is 16.3. The first-order chi connectivity index (χ1) is 11.8. The minimum atomic E-state index is 0.119. The molecule has 1 atom stereocenters. The number of aliphatic hydroxyl groups excluding tert-OH is 3. The van der Waals surface area contributed by atoms with Crippen molar-refractivity contribution in [3.8, 4) is 0 Å². The lowest BCUT2D eigenvalue weighted by molar-refractivity contribution is 0.136. The highest BCUT2D eigenvalue weighted by Gasteiger charge is 2.41. The van der Waals surface area contributed by atoms with Crippen LogP contribution in [0.5, 0.6) is 0 Å². The molecule has 0 aromatic rings. The Hall–Kier alpha value is -0.120. The molecule has 1 unspecified atom stereocenters. The van der Waals surface area contributed by atoms with Crippen LogP contribution in [0.15, 0.2) is 0 Å². The Bertz CT molecular complexity index is 305. The molecule has 3 N–H and O–H groups in total. The lowest BCUT2D eigenvalue weighted by Crippen LogP contribution is -2.18. The van der Waals surface area contributed by atoms with E-state index in [1.807, 2.05) is 0 Å². The average Bonchev–Trinajstić information content (AvgIpc) is 3.26. The van der Waals surface area contributed by atoms with Gasteiger partial charge < -0.3 is 15.3 Å². The molecular formula is C23H50O3. The minimum Gasteiger partial charge on any atom is -0.396 e. The molecule has 3 heteroatoms. The van der Waals surface area contributed by atoms with Crippen LogP contribution in [0.1, 0.15) is 94.4 Å². The summed E-state index contributed by atoms with van der Waals surface area (Å²) in [6, 6.07) is 0. The molecule has 0 radical (unpaired) electrons. The Kier molecular flexibility index (Phi) is 15.1. The van der Waals surface area contributed by atoms with E-state index < -0.39 is 0 Å². The van der Waals surface area contributed by atoms with Crippen LogP contribution in [-0.4, -0.2) is 35.1 Å². The lowest BCUT2D eigenvalue weighted by Gasteiger charge is -2.23. The summed E-state index contributed by atoms with van der Waals surface area (Å²) in [5.74, 6) is 2.64. The first-order valence-corrected chi connectivity index (χ1v) is 10.7. The Morgan fingerprint density at radius 1 is 0.808 bits per heavy atom. The molecule has 0 amide bonds. The van der Waals surface area contributed by atoms with Crippen LogP contribution in [-0.2, 0) is 0 Å². The van der Waals surface area contributed by atoms with Crippen molar-refractivity contribution in [2.24, 2.45) is 34.5 Å². The van der Waals surface area contributed by atoms with Gasteiger partial charge in [-0.15, -0.1) is 0 Å². The molecule has 0 aromatic heterocycles. The zero-order valence-corrected chi connectivity index (χ0v) is 19.3. The quantitative estimate of drug-likeness (QED) is 0.498. The molecule has 0 saturated heterocycles. The normalized spacial score (nSPS) is 16.7. The fraction of sp³-hybridized carbons (Fsp3) is 1.00. The van der Waals surface area contributed by atoms with E-state index >= 15 is 0 Å². The van der Waals surface area contributed by atoms with Gasteiger partial charge in [-0.2, -0.15) is 0 Å². The molecule has 0 aromatic carbocycles. The molecule has 1 aliphatic carbocycles. The molecule has 1 saturated carbocycles. The third kappa shape index (κ3) is 17.3. The van der Waals surface area contributed by atoms with Gasteiger partial charge in [0.25, 0.3) is 0 Å². The largest absolute Gasteiger partial charge is 0.396 e. The second kappa shape index (κ2) is 14.0. The van der Waals surface area contributed by atoms with Crippen LogP contribution in [0.25, 0.3) is 0 Å². The fourth-order valence-electron chi connectivity index (χ4n) is 3.52. The van der Waals surface area contributed by atoms with Crippen LogP contribution in [0, 0.1) is 34.5 Å². The Morgan fingerprint density at radius 2 is 1.31 bits per heavy atom. The maximum Gasteiger partial charge on any atom is 0.0487 e. The van der Waals surface area contributed by atoms with Gasteiger partial charge in [-0.25, -0.2) is 0 Å². The SMILES string of the molecule is CC(C)CC(C)(C)CO.CC(C)CC(C)CO.CC(C)CC1(CO)CC1. The Morgan fingerprint density at radius 3 is 1.42 bits per heavy atom. The van der Waals surface area contributed by atoms with Crippen LogP contribution in [0.2, 0.25) is 0 Å². The van der Waals surface area contributed by atoms with Gasteiger partial charge in [0, 0.05) is 19.8 Å². The van der Waals surface area contributed by atoms with Crippen molar-refractivity contribution < 1.29 is 15.3 Å².